The van der Waals surface area contributed by atoms with E-state index in [1.165, 1.54) is 6.07 Å². The molecule has 3 heterocycles. The summed E-state index contributed by atoms with van der Waals surface area (Å²) in [5.74, 6) is -9.70. The van der Waals surface area contributed by atoms with Gasteiger partial charge < -0.3 is 41.2 Å². The third-order valence-electron chi connectivity index (χ3n) is 6.36. The average molecular weight is 576 g/mol. The van der Waals surface area contributed by atoms with Gasteiger partial charge in [0.15, 0.2) is 11.9 Å². The lowest BCUT2D eigenvalue weighted by atomic mass is 9.72. The molecule has 2 atom stereocenters. The van der Waals surface area contributed by atoms with E-state index in [1.54, 1.807) is 0 Å². The molecular formula is C23H23BF2N6O9. The van der Waals surface area contributed by atoms with E-state index in [0.717, 1.165) is 17.2 Å². The van der Waals surface area contributed by atoms with Gasteiger partial charge in [0.05, 0.1) is 12.1 Å². The van der Waals surface area contributed by atoms with Gasteiger partial charge in [0.1, 0.15) is 28.6 Å². The predicted molar refractivity (Wildman–Crippen MR) is 132 cm³/mol. The van der Waals surface area contributed by atoms with Crippen LogP contribution in [0.4, 0.5) is 13.6 Å². The predicted octanol–water partition coefficient (Wildman–Crippen LogP) is -1.72. The number of hydrogen-bond acceptors (Lipinski definition) is 10. The summed E-state index contributed by atoms with van der Waals surface area (Å²) in [6.07, 6.45) is 0.535. The van der Waals surface area contributed by atoms with Crippen molar-refractivity contribution in [2.75, 3.05) is 26.2 Å². The molecule has 5 amide bonds. The number of nitrogens with two attached hydrogens (primary N) is 1. The second-order valence-electron chi connectivity index (χ2n) is 9.02. The standard InChI is InChI=1S/C23H23BF2N6O9/c25-12-2-1-10-7-14(24(40)41-18(10)15(12)22(37)38)29-19(34)17(16-13(26)8-11(33)9-28-16)30-23(39)32-6-5-31(4-3-27)20(35)21(32)36/h1-2,8-9,14,17,33,40H,3-7,27H2,(H,29,34)(H,30,39)(H,37,38)/t14-,17+/m0/s1. The normalized spacial score (nSPS) is 17.5. The third-order valence-corrected chi connectivity index (χ3v) is 6.36. The molecule has 1 aromatic carbocycles. The summed E-state index contributed by atoms with van der Waals surface area (Å²) >= 11 is 0. The van der Waals surface area contributed by atoms with Gasteiger partial charge in [-0.1, -0.05) is 6.07 Å². The van der Waals surface area contributed by atoms with E-state index in [-0.39, 0.29) is 38.2 Å². The number of nitrogens with zero attached hydrogens (tertiary/aromatic N) is 3. The number of benzene rings is 1. The molecule has 0 unspecified atom stereocenters. The number of aromatic hydroxyl groups is 1. The first-order chi connectivity index (χ1) is 19.4. The number of carboxylic acids is 1. The zero-order chi connectivity index (χ0) is 30.0. The molecule has 0 radical (unpaired) electrons. The van der Waals surface area contributed by atoms with E-state index in [9.17, 15) is 48.0 Å². The van der Waals surface area contributed by atoms with Gasteiger partial charge in [-0.2, -0.15) is 0 Å². The van der Waals surface area contributed by atoms with E-state index in [1.807, 2.05) is 0 Å². The van der Waals surface area contributed by atoms with Crippen LogP contribution in [0.25, 0.3) is 0 Å². The molecule has 0 spiro atoms. The van der Waals surface area contributed by atoms with Crippen LogP contribution in [0.5, 0.6) is 11.5 Å². The Morgan fingerprint density at radius 3 is 2.59 bits per heavy atom. The number of carbonyl (C=O) groups is 5. The lowest BCUT2D eigenvalue weighted by Gasteiger charge is -2.33. The number of aromatic nitrogens is 1. The Kier molecular flexibility index (Phi) is 8.34. The van der Waals surface area contributed by atoms with Crippen LogP contribution in [0.15, 0.2) is 24.4 Å². The summed E-state index contributed by atoms with van der Waals surface area (Å²) in [4.78, 5) is 67.9. The Hall–Kier alpha value is -4.84. The minimum atomic E-state index is -1.95. The molecule has 0 saturated carbocycles. The van der Waals surface area contributed by atoms with Gasteiger partial charge in [-0.15, -0.1) is 0 Å². The fourth-order valence-electron chi connectivity index (χ4n) is 4.37. The zero-order valence-electron chi connectivity index (χ0n) is 21.0. The number of carboxylic acid groups (broad SMARTS) is 1. The summed E-state index contributed by atoms with van der Waals surface area (Å²) < 4.78 is 34.0. The fraction of sp³-hybridized carbons (Fsp3) is 0.304. The molecule has 1 fully saturated rings. The van der Waals surface area contributed by atoms with Crippen molar-refractivity contribution in [1.82, 2.24) is 25.4 Å². The lowest BCUT2D eigenvalue weighted by Crippen LogP contribution is -2.60. The number of halogens is 2. The Morgan fingerprint density at radius 2 is 1.93 bits per heavy atom. The average Bonchev–Trinajstić information content (AvgIpc) is 2.90. The molecule has 2 aromatic rings. The minimum Gasteiger partial charge on any atom is -0.534 e. The number of imide groups is 1. The second-order valence-corrected chi connectivity index (χ2v) is 9.02. The number of aromatic carboxylic acids is 1. The number of fused-ring (bicyclic) bond motifs is 1. The number of piperazine rings is 1. The van der Waals surface area contributed by atoms with Crippen molar-refractivity contribution in [3.05, 3.63) is 52.9 Å². The van der Waals surface area contributed by atoms with Crippen LogP contribution in [0.2, 0.25) is 0 Å². The van der Waals surface area contributed by atoms with Crippen molar-refractivity contribution in [3.63, 3.8) is 0 Å². The van der Waals surface area contributed by atoms with Gasteiger partial charge >= 0.3 is 30.9 Å². The van der Waals surface area contributed by atoms with Crippen molar-refractivity contribution >= 4 is 36.8 Å². The van der Waals surface area contributed by atoms with Gasteiger partial charge in [-0.05, 0) is 18.1 Å². The van der Waals surface area contributed by atoms with Gasteiger partial charge in [0.25, 0.3) is 0 Å². The maximum atomic E-state index is 14.8. The van der Waals surface area contributed by atoms with Crippen LogP contribution in [-0.4, -0.2) is 99.0 Å². The number of hydrogen-bond donors (Lipinski definition) is 6. The molecular weight excluding hydrogens is 553 g/mol. The molecule has 216 valence electrons. The molecule has 1 saturated heterocycles. The highest BCUT2D eigenvalue weighted by Gasteiger charge is 2.42. The lowest BCUT2D eigenvalue weighted by molar-refractivity contribution is -0.153. The molecule has 7 N–H and O–H groups in total. The molecule has 0 aliphatic carbocycles. The largest absolute Gasteiger partial charge is 0.547 e. The van der Waals surface area contributed by atoms with Gasteiger partial charge in [-0.3, -0.25) is 24.3 Å². The Balaban J connectivity index is 1.58. The van der Waals surface area contributed by atoms with E-state index in [2.05, 4.69) is 15.6 Å². The summed E-state index contributed by atoms with van der Waals surface area (Å²) in [5, 5.41) is 33.8. The fourth-order valence-corrected chi connectivity index (χ4v) is 4.37. The van der Waals surface area contributed by atoms with Crippen LogP contribution in [0.3, 0.4) is 0 Å². The first-order valence-electron chi connectivity index (χ1n) is 12.1. The van der Waals surface area contributed by atoms with Crippen molar-refractivity contribution in [2.24, 2.45) is 5.73 Å². The number of nitrogens with one attached hydrogen (secondary N) is 2. The summed E-state index contributed by atoms with van der Waals surface area (Å²) in [7, 11) is -1.89. The van der Waals surface area contributed by atoms with E-state index >= 15 is 0 Å². The number of urea groups is 1. The van der Waals surface area contributed by atoms with Crippen molar-refractivity contribution in [1.29, 1.82) is 0 Å². The smallest absolute Gasteiger partial charge is 0.534 e. The summed E-state index contributed by atoms with van der Waals surface area (Å²) in [6.45, 7) is -0.150. The maximum absolute atomic E-state index is 14.8. The Labute approximate surface area is 230 Å². The highest BCUT2D eigenvalue weighted by molar-refractivity contribution is 6.47. The number of rotatable bonds is 7. The molecule has 15 nitrogen and oxygen atoms in total. The number of carbonyl (C=O) groups excluding carboxylic acids is 4. The van der Waals surface area contributed by atoms with Crippen LogP contribution >= 0.6 is 0 Å². The highest BCUT2D eigenvalue weighted by atomic mass is 19.1. The van der Waals surface area contributed by atoms with Gasteiger partial charge in [-0.25, -0.2) is 18.4 Å². The van der Waals surface area contributed by atoms with E-state index < -0.39 is 83.2 Å². The molecule has 2 aliphatic rings. The van der Waals surface area contributed by atoms with Crippen LogP contribution in [0, 0.1) is 11.6 Å². The zero-order valence-corrected chi connectivity index (χ0v) is 21.0. The maximum Gasteiger partial charge on any atom is 0.547 e. The monoisotopic (exact) mass is 576 g/mol. The molecule has 18 heteroatoms. The van der Waals surface area contributed by atoms with Crippen LogP contribution < -0.4 is 21.0 Å². The summed E-state index contributed by atoms with van der Waals surface area (Å²) in [6, 6.07) is -0.518. The van der Waals surface area contributed by atoms with Gasteiger partial charge in [0.2, 0.25) is 5.91 Å². The van der Waals surface area contributed by atoms with Crippen molar-refractivity contribution < 1.29 is 52.6 Å². The van der Waals surface area contributed by atoms with Crippen LogP contribution in [0.1, 0.15) is 27.7 Å². The van der Waals surface area contributed by atoms with Crippen molar-refractivity contribution in [2.45, 2.75) is 18.4 Å². The minimum absolute atomic E-state index is 0.0399. The molecule has 2 aliphatic heterocycles. The molecule has 41 heavy (non-hydrogen) atoms. The molecule has 4 rings (SSSR count). The second kappa shape index (κ2) is 11.7. The quantitative estimate of drug-likeness (QED) is 0.161. The Morgan fingerprint density at radius 1 is 1.20 bits per heavy atom. The van der Waals surface area contributed by atoms with Crippen LogP contribution in [-0.2, 0) is 20.8 Å². The SMILES string of the molecule is NCCN1CCN(C(=O)N[C@@H](C(=O)N[C@H]2Cc3ccc(F)c(C(=O)O)c3OB2O)c2ncc(O)cc2F)C(=O)C1=O. The Bertz CT molecular complexity index is 1430. The number of pyridine rings is 1. The highest BCUT2D eigenvalue weighted by Crippen LogP contribution is 2.32. The first-order valence-corrected chi connectivity index (χ1v) is 12.1. The molecule has 1 aromatic heterocycles. The topological polar surface area (TPSA) is 225 Å². The summed E-state index contributed by atoms with van der Waals surface area (Å²) in [5.41, 5.74) is 4.03. The van der Waals surface area contributed by atoms with E-state index in [0.29, 0.717) is 11.0 Å². The third kappa shape index (κ3) is 5.87. The van der Waals surface area contributed by atoms with Crippen molar-refractivity contribution in [3.8, 4) is 11.5 Å². The molecule has 0 bridgehead atoms. The van der Waals surface area contributed by atoms with Gasteiger partial charge in [0, 0.05) is 32.2 Å². The first kappa shape index (κ1) is 29.2. The van der Waals surface area contributed by atoms with E-state index in [4.69, 9.17) is 10.4 Å². The number of amides is 5.